The molecule has 1 heterocycles. The molecule has 0 bridgehead atoms. The molecule has 2 N–H and O–H groups in total. The van der Waals surface area contributed by atoms with Crippen molar-refractivity contribution in [2.75, 3.05) is 24.7 Å². The Bertz CT molecular complexity index is 324. The van der Waals surface area contributed by atoms with Gasteiger partial charge in [-0.2, -0.15) is 5.26 Å². The van der Waals surface area contributed by atoms with Gasteiger partial charge in [-0.1, -0.05) is 0 Å². The van der Waals surface area contributed by atoms with Crippen LogP contribution in [0.25, 0.3) is 0 Å². The van der Waals surface area contributed by atoms with Crippen LogP contribution in [0.15, 0.2) is 12.3 Å². The van der Waals surface area contributed by atoms with Crippen LogP contribution < -0.4 is 10.6 Å². The number of nitrogens with two attached hydrogens (primary N) is 1. The molecule has 0 aromatic carbocycles. The summed E-state index contributed by atoms with van der Waals surface area (Å²) in [6.45, 7) is 0. The van der Waals surface area contributed by atoms with E-state index >= 15 is 0 Å². The van der Waals surface area contributed by atoms with Crippen molar-refractivity contribution in [2.45, 2.75) is 0 Å². The average Bonchev–Trinajstić information content (AvgIpc) is 2.03. The maximum absolute atomic E-state index is 8.75. The van der Waals surface area contributed by atoms with E-state index in [0.29, 0.717) is 5.56 Å². The Balaban J connectivity index is 3.30. The van der Waals surface area contributed by atoms with Gasteiger partial charge in [0.05, 0.1) is 5.69 Å². The lowest BCUT2D eigenvalue weighted by Gasteiger charge is -2.13. The molecule has 0 radical (unpaired) electrons. The van der Waals surface area contributed by atoms with E-state index in [1.54, 1.807) is 12.3 Å². The molecule has 4 heteroatoms. The number of nitriles is 1. The number of hydrogen-bond acceptors (Lipinski definition) is 4. The van der Waals surface area contributed by atoms with Gasteiger partial charge in [-0.3, -0.25) is 0 Å². The van der Waals surface area contributed by atoms with E-state index in [4.69, 9.17) is 11.0 Å². The van der Waals surface area contributed by atoms with E-state index in [2.05, 4.69) is 4.98 Å². The molecule has 0 aliphatic heterocycles. The number of anilines is 2. The minimum absolute atomic E-state index is 0.281. The fourth-order valence-electron chi connectivity index (χ4n) is 0.954. The van der Waals surface area contributed by atoms with E-state index in [9.17, 15) is 0 Å². The third-order valence-corrected chi connectivity index (χ3v) is 1.55. The maximum Gasteiger partial charge on any atom is 0.143 e. The van der Waals surface area contributed by atoms with E-state index in [1.165, 1.54) is 0 Å². The first-order valence-corrected chi connectivity index (χ1v) is 3.48. The molecule has 4 nitrogen and oxygen atoms in total. The van der Waals surface area contributed by atoms with Gasteiger partial charge in [0.1, 0.15) is 17.5 Å². The number of hydrogen-bond donors (Lipinski definition) is 1. The zero-order chi connectivity index (χ0) is 9.14. The van der Waals surface area contributed by atoms with Gasteiger partial charge in [0.2, 0.25) is 0 Å². The van der Waals surface area contributed by atoms with Gasteiger partial charge in [-0.15, -0.1) is 0 Å². The highest BCUT2D eigenvalue weighted by Crippen LogP contribution is 2.20. The third kappa shape index (κ3) is 1.30. The molecule has 1 rings (SSSR count). The van der Waals surface area contributed by atoms with Crippen LogP contribution in [0.1, 0.15) is 5.56 Å². The van der Waals surface area contributed by atoms with E-state index in [-0.39, 0.29) is 5.82 Å². The topological polar surface area (TPSA) is 65.9 Å². The van der Waals surface area contributed by atoms with Crippen LogP contribution >= 0.6 is 0 Å². The molecule has 62 valence electrons. The summed E-state index contributed by atoms with van der Waals surface area (Å²) in [5, 5.41) is 8.75. The molecule has 0 amide bonds. The first-order valence-electron chi connectivity index (χ1n) is 3.48. The Hall–Kier alpha value is -1.76. The average molecular weight is 162 g/mol. The summed E-state index contributed by atoms with van der Waals surface area (Å²) in [7, 11) is 3.71. The summed E-state index contributed by atoms with van der Waals surface area (Å²) < 4.78 is 0. The summed E-state index contributed by atoms with van der Waals surface area (Å²) in [6.07, 6.45) is 1.59. The fourth-order valence-corrected chi connectivity index (χ4v) is 0.954. The maximum atomic E-state index is 8.75. The van der Waals surface area contributed by atoms with Crippen molar-refractivity contribution in [1.29, 1.82) is 5.26 Å². The van der Waals surface area contributed by atoms with Crippen molar-refractivity contribution < 1.29 is 0 Å². The van der Waals surface area contributed by atoms with Crippen molar-refractivity contribution in [2.24, 2.45) is 0 Å². The van der Waals surface area contributed by atoms with Crippen molar-refractivity contribution in [3.63, 3.8) is 0 Å². The van der Waals surface area contributed by atoms with Gasteiger partial charge in [0.15, 0.2) is 0 Å². The smallest absolute Gasteiger partial charge is 0.143 e. The molecule has 12 heavy (non-hydrogen) atoms. The molecule has 0 fully saturated rings. The number of aromatic nitrogens is 1. The van der Waals surface area contributed by atoms with Gasteiger partial charge in [-0.25, -0.2) is 4.98 Å². The van der Waals surface area contributed by atoms with Gasteiger partial charge in [0.25, 0.3) is 0 Å². The van der Waals surface area contributed by atoms with Crippen molar-refractivity contribution in [3.8, 4) is 6.07 Å². The zero-order valence-electron chi connectivity index (χ0n) is 7.07. The lowest BCUT2D eigenvalue weighted by atomic mass is 10.2. The molecule has 0 saturated heterocycles. The Kier molecular flexibility index (Phi) is 2.15. The number of nitrogen functional groups attached to an aromatic ring is 1. The summed E-state index contributed by atoms with van der Waals surface area (Å²) in [5.74, 6) is 0.281. The van der Waals surface area contributed by atoms with Gasteiger partial charge < -0.3 is 10.6 Å². The second-order valence-corrected chi connectivity index (χ2v) is 2.60. The predicted molar refractivity (Wildman–Crippen MR) is 47.7 cm³/mol. The minimum Gasteiger partial charge on any atom is -0.383 e. The summed E-state index contributed by atoms with van der Waals surface area (Å²) in [6, 6.07) is 3.77. The molecule has 0 aliphatic carbocycles. The molecular formula is C8H10N4. The first-order chi connectivity index (χ1) is 5.66. The largest absolute Gasteiger partial charge is 0.383 e. The van der Waals surface area contributed by atoms with E-state index in [0.717, 1.165) is 5.69 Å². The zero-order valence-corrected chi connectivity index (χ0v) is 7.07. The Labute approximate surface area is 71.2 Å². The Morgan fingerprint density at radius 2 is 2.25 bits per heavy atom. The summed E-state index contributed by atoms with van der Waals surface area (Å²) in [4.78, 5) is 5.65. The molecule has 1 aromatic rings. The quantitative estimate of drug-likeness (QED) is 0.656. The highest BCUT2D eigenvalue weighted by Gasteiger charge is 2.07. The van der Waals surface area contributed by atoms with Crippen molar-refractivity contribution in [3.05, 3.63) is 17.8 Å². The van der Waals surface area contributed by atoms with Crippen LogP contribution in [0.4, 0.5) is 11.5 Å². The van der Waals surface area contributed by atoms with Crippen molar-refractivity contribution >= 4 is 11.5 Å². The third-order valence-electron chi connectivity index (χ3n) is 1.55. The Morgan fingerprint density at radius 1 is 1.58 bits per heavy atom. The SMILES string of the molecule is CN(C)c1ccnc(N)c1C#N. The minimum atomic E-state index is 0.281. The van der Waals surface area contributed by atoms with Crippen LogP contribution in [-0.4, -0.2) is 19.1 Å². The van der Waals surface area contributed by atoms with Crippen LogP contribution in [0.3, 0.4) is 0 Å². The van der Waals surface area contributed by atoms with E-state index < -0.39 is 0 Å². The van der Waals surface area contributed by atoms with E-state index in [1.807, 2.05) is 25.1 Å². The Morgan fingerprint density at radius 3 is 2.67 bits per heavy atom. The van der Waals surface area contributed by atoms with Gasteiger partial charge in [-0.05, 0) is 6.07 Å². The monoisotopic (exact) mass is 162 g/mol. The molecule has 1 aromatic heterocycles. The predicted octanol–water partition coefficient (Wildman–Crippen LogP) is 0.601. The molecule has 0 spiro atoms. The van der Waals surface area contributed by atoms with Crippen LogP contribution in [0.2, 0.25) is 0 Å². The number of nitrogens with zero attached hydrogens (tertiary/aromatic N) is 3. The fraction of sp³-hybridized carbons (Fsp3) is 0.250. The lowest BCUT2D eigenvalue weighted by Crippen LogP contribution is -2.11. The second kappa shape index (κ2) is 3.09. The lowest BCUT2D eigenvalue weighted by molar-refractivity contribution is 1.11. The highest BCUT2D eigenvalue weighted by molar-refractivity contribution is 5.66. The number of pyridine rings is 1. The summed E-state index contributed by atoms with van der Waals surface area (Å²) >= 11 is 0. The van der Waals surface area contributed by atoms with Crippen LogP contribution in [0.5, 0.6) is 0 Å². The normalized spacial score (nSPS) is 9.08. The molecular weight excluding hydrogens is 152 g/mol. The highest BCUT2D eigenvalue weighted by atomic mass is 15.1. The standard InChI is InChI=1S/C8H10N4/c1-12(2)7-3-4-11-8(10)6(7)5-9/h3-4H,1-2H3,(H2,10,11). The molecule has 0 atom stereocenters. The summed E-state index contributed by atoms with van der Waals surface area (Å²) in [5.41, 5.74) is 6.74. The molecule has 0 unspecified atom stereocenters. The van der Waals surface area contributed by atoms with Crippen LogP contribution in [-0.2, 0) is 0 Å². The molecule has 0 aliphatic rings. The number of rotatable bonds is 1. The van der Waals surface area contributed by atoms with Gasteiger partial charge >= 0.3 is 0 Å². The second-order valence-electron chi connectivity index (χ2n) is 2.60. The first kappa shape index (κ1) is 8.34. The van der Waals surface area contributed by atoms with Crippen LogP contribution in [0, 0.1) is 11.3 Å². The van der Waals surface area contributed by atoms with Crippen molar-refractivity contribution in [1.82, 2.24) is 4.98 Å². The van der Waals surface area contributed by atoms with Gasteiger partial charge in [0, 0.05) is 20.3 Å². The molecule has 0 saturated carbocycles.